The van der Waals surface area contributed by atoms with Gasteiger partial charge in [-0.1, -0.05) is 17.7 Å². The molecule has 2 rings (SSSR count). The summed E-state index contributed by atoms with van der Waals surface area (Å²) in [5, 5.41) is 2.78. The van der Waals surface area contributed by atoms with Crippen LogP contribution in [0, 0.1) is 0 Å². The first kappa shape index (κ1) is 19.8. The first-order valence-electron chi connectivity index (χ1n) is 7.31. The maximum atomic E-state index is 12.1. The van der Waals surface area contributed by atoms with Crippen molar-refractivity contribution in [3.8, 4) is 0 Å². The van der Waals surface area contributed by atoms with Crippen molar-refractivity contribution in [3.05, 3.63) is 53.3 Å². The number of hydrogen-bond donors (Lipinski definition) is 1. The van der Waals surface area contributed by atoms with Crippen LogP contribution in [0.1, 0.15) is 10.5 Å². The lowest BCUT2D eigenvalue weighted by Gasteiger charge is -2.12. The molecule has 138 valence electrons. The van der Waals surface area contributed by atoms with Gasteiger partial charge in [0.15, 0.2) is 6.61 Å². The number of aromatic nitrogens is 1. The second-order valence-electron chi connectivity index (χ2n) is 5.30. The second kappa shape index (κ2) is 8.26. The topological polar surface area (TPSA) is 106 Å². The zero-order chi connectivity index (χ0) is 19.3. The van der Waals surface area contributed by atoms with E-state index in [0.717, 1.165) is 4.31 Å². The average molecular weight is 398 g/mol. The molecule has 1 aromatic heterocycles. The summed E-state index contributed by atoms with van der Waals surface area (Å²) in [7, 11) is -0.812. The molecule has 10 heteroatoms. The number of pyridine rings is 1. The van der Waals surface area contributed by atoms with Gasteiger partial charge in [0, 0.05) is 31.0 Å². The van der Waals surface area contributed by atoms with E-state index in [1.807, 2.05) is 0 Å². The lowest BCUT2D eigenvalue weighted by molar-refractivity contribution is -0.119. The highest BCUT2D eigenvalue weighted by atomic mass is 35.5. The van der Waals surface area contributed by atoms with Crippen LogP contribution in [0.5, 0.6) is 0 Å². The smallest absolute Gasteiger partial charge is 0.357 e. The SMILES string of the molecule is CN(C)S(=O)(=O)c1cccc(NC(=O)COC(=O)c2cc(Cl)ccn2)c1. The number of carbonyl (C=O) groups is 2. The number of sulfonamides is 1. The molecular formula is C16H16ClN3O5S. The molecule has 0 spiro atoms. The molecule has 1 heterocycles. The number of esters is 1. The first-order chi connectivity index (χ1) is 12.2. The molecule has 0 saturated carbocycles. The molecule has 0 aliphatic carbocycles. The van der Waals surface area contributed by atoms with Crippen molar-refractivity contribution in [1.82, 2.24) is 9.29 Å². The first-order valence-corrected chi connectivity index (χ1v) is 9.13. The van der Waals surface area contributed by atoms with E-state index in [-0.39, 0.29) is 16.3 Å². The van der Waals surface area contributed by atoms with Crippen LogP contribution in [-0.4, -0.2) is 50.3 Å². The molecule has 2 aromatic rings. The van der Waals surface area contributed by atoms with Crippen molar-refractivity contribution in [1.29, 1.82) is 0 Å². The average Bonchev–Trinajstić information content (AvgIpc) is 2.59. The molecule has 0 aliphatic heterocycles. The monoisotopic (exact) mass is 397 g/mol. The number of rotatable bonds is 6. The molecule has 8 nitrogen and oxygen atoms in total. The highest BCUT2D eigenvalue weighted by molar-refractivity contribution is 7.89. The van der Waals surface area contributed by atoms with Gasteiger partial charge < -0.3 is 10.1 Å². The van der Waals surface area contributed by atoms with E-state index >= 15 is 0 Å². The Bertz CT molecular complexity index is 931. The van der Waals surface area contributed by atoms with E-state index in [9.17, 15) is 18.0 Å². The highest BCUT2D eigenvalue weighted by Gasteiger charge is 2.18. The normalized spacial score (nSPS) is 11.2. The Kier molecular flexibility index (Phi) is 6.30. The van der Waals surface area contributed by atoms with Gasteiger partial charge in [0.05, 0.1) is 4.90 Å². The number of nitrogens with zero attached hydrogens (tertiary/aromatic N) is 2. The van der Waals surface area contributed by atoms with E-state index in [2.05, 4.69) is 10.3 Å². The van der Waals surface area contributed by atoms with Crippen LogP contribution in [0.2, 0.25) is 5.02 Å². The van der Waals surface area contributed by atoms with Gasteiger partial charge >= 0.3 is 5.97 Å². The fourth-order valence-electron chi connectivity index (χ4n) is 1.86. The van der Waals surface area contributed by atoms with Crippen LogP contribution in [0.25, 0.3) is 0 Å². The number of halogens is 1. The van der Waals surface area contributed by atoms with Crippen LogP contribution in [0.3, 0.4) is 0 Å². The quantitative estimate of drug-likeness (QED) is 0.745. The summed E-state index contributed by atoms with van der Waals surface area (Å²) in [6.45, 7) is -0.558. The molecule has 0 bridgehead atoms. The summed E-state index contributed by atoms with van der Waals surface area (Å²) in [6, 6.07) is 8.56. The minimum absolute atomic E-state index is 0.0237. The van der Waals surface area contributed by atoms with Crippen LogP contribution >= 0.6 is 11.6 Å². The summed E-state index contributed by atoms with van der Waals surface area (Å²) < 4.78 is 30.1. The van der Waals surface area contributed by atoms with Gasteiger partial charge in [-0.05, 0) is 30.3 Å². The predicted molar refractivity (Wildman–Crippen MR) is 95.5 cm³/mol. The van der Waals surface area contributed by atoms with Crippen molar-refractivity contribution in [3.63, 3.8) is 0 Å². The van der Waals surface area contributed by atoms with Crippen LogP contribution < -0.4 is 5.32 Å². The molecule has 0 saturated heterocycles. The number of benzene rings is 1. The Morgan fingerprint density at radius 3 is 2.62 bits per heavy atom. The van der Waals surface area contributed by atoms with Gasteiger partial charge in [-0.2, -0.15) is 0 Å². The molecule has 0 aliphatic rings. The minimum atomic E-state index is -3.63. The van der Waals surface area contributed by atoms with E-state index in [1.165, 1.54) is 56.7 Å². The van der Waals surface area contributed by atoms with Gasteiger partial charge in [0.1, 0.15) is 5.69 Å². The van der Waals surface area contributed by atoms with Crippen molar-refractivity contribution >= 4 is 39.2 Å². The molecule has 0 atom stereocenters. The Morgan fingerprint density at radius 1 is 1.23 bits per heavy atom. The second-order valence-corrected chi connectivity index (χ2v) is 7.89. The maximum Gasteiger partial charge on any atom is 0.357 e. The maximum absolute atomic E-state index is 12.1. The van der Waals surface area contributed by atoms with E-state index < -0.39 is 28.5 Å². The van der Waals surface area contributed by atoms with Gasteiger partial charge in [0.25, 0.3) is 5.91 Å². The highest BCUT2D eigenvalue weighted by Crippen LogP contribution is 2.18. The standard InChI is InChI=1S/C16H16ClN3O5S/c1-20(2)26(23,24)13-5-3-4-12(9-13)19-15(21)10-25-16(22)14-8-11(17)6-7-18-14/h3-9H,10H2,1-2H3,(H,19,21). The minimum Gasteiger partial charge on any atom is -0.451 e. The number of carbonyl (C=O) groups excluding carboxylic acids is 2. The zero-order valence-corrected chi connectivity index (χ0v) is 15.5. The van der Waals surface area contributed by atoms with Crippen molar-refractivity contribution in [2.75, 3.05) is 26.0 Å². The van der Waals surface area contributed by atoms with Crippen LogP contribution in [0.4, 0.5) is 5.69 Å². The Hall–Kier alpha value is -2.49. The summed E-state index contributed by atoms with van der Waals surface area (Å²) in [5.41, 5.74) is 0.235. The molecule has 26 heavy (non-hydrogen) atoms. The summed E-state index contributed by atoms with van der Waals surface area (Å²) in [6.07, 6.45) is 1.34. The fraction of sp³-hybridized carbons (Fsp3) is 0.188. The van der Waals surface area contributed by atoms with Gasteiger partial charge in [-0.3, -0.25) is 4.79 Å². The lowest BCUT2D eigenvalue weighted by atomic mass is 10.3. The predicted octanol–water partition coefficient (Wildman–Crippen LogP) is 1.78. The Labute approximate surface area is 155 Å². The third-order valence-corrected chi connectivity index (χ3v) is 5.21. The Morgan fingerprint density at radius 2 is 1.96 bits per heavy atom. The van der Waals surface area contributed by atoms with Crippen LogP contribution in [-0.2, 0) is 19.6 Å². The van der Waals surface area contributed by atoms with E-state index in [0.29, 0.717) is 5.02 Å². The van der Waals surface area contributed by atoms with Crippen molar-refractivity contribution < 1.29 is 22.7 Å². The van der Waals surface area contributed by atoms with Crippen molar-refractivity contribution in [2.45, 2.75) is 4.90 Å². The van der Waals surface area contributed by atoms with Gasteiger partial charge in [0.2, 0.25) is 10.0 Å². The van der Waals surface area contributed by atoms with E-state index in [4.69, 9.17) is 16.3 Å². The molecule has 0 unspecified atom stereocenters. The van der Waals surface area contributed by atoms with Gasteiger partial charge in [-0.15, -0.1) is 0 Å². The number of anilines is 1. The zero-order valence-electron chi connectivity index (χ0n) is 14.0. The van der Waals surface area contributed by atoms with Gasteiger partial charge in [-0.25, -0.2) is 22.5 Å². The third kappa shape index (κ3) is 5.01. The molecular weight excluding hydrogens is 382 g/mol. The number of ether oxygens (including phenoxy) is 1. The fourth-order valence-corrected chi connectivity index (χ4v) is 2.97. The lowest BCUT2D eigenvalue weighted by Crippen LogP contribution is -2.23. The molecule has 1 N–H and O–H groups in total. The van der Waals surface area contributed by atoms with E-state index in [1.54, 1.807) is 0 Å². The third-order valence-electron chi connectivity index (χ3n) is 3.16. The number of nitrogens with one attached hydrogen (secondary N) is 1. The molecule has 0 radical (unpaired) electrons. The largest absolute Gasteiger partial charge is 0.451 e. The number of amides is 1. The summed E-state index contributed by atoms with van der Waals surface area (Å²) in [4.78, 5) is 27.5. The molecule has 0 fully saturated rings. The summed E-state index contributed by atoms with van der Waals surface area (Å²) in [5.74, 6) is -1.42. The Balaban J connectivity index is 1.99. The number of hydrogen-bond acceptors (Lipinski definition) is 6. The molecule has 1 amide bonds. The summed E-state index contributed by atoms with van der Waals surface area (Å²) >= 11 is 5.75. The van der Waals surface area contributed by atoms with Crippen LogP contribution in [0.15, 0.2) is 47.5 Å². The molecule has 1 aromatic carbocycles. The van der Waals surface area contributed by atoms with Crippen molar-refractivity contribution in [2.24, 2.45) is 0 Å².